The molecule has 0 radical (unpaired) electrons. The predicted octanol–water partition coefficient (Wildman–Crippen LogP) is 5.46. The summed E-state index contributed by atoms with van der Waals surface area (Å²) in [7, 11) is 0. The molecule has 0 saturated carbocycles. The molecule has 3 unspecified atom stereocenters. The van der Waals surface area contributed by atoms with Crippen molar-refractivity contribution in [2.45, 2.75) is 98.4 Å². The minimum atomic E-state index is -1.37. The summed E-state index contributed by atoms with van der Waals surface area (Å²) in [5, 5.41) is 9.44. The number of esters is 5. The molecule has 48 heavy (non-hydrogen) atoms. The monoisotopic (exact) mass is 670 g/mol. The molecule has 0 spiro atoms. The van der Waals surface area contributed by atoms with Gasteiger partial charge < -0.3 is 28.8 Å². The van der Waals surface area contributed by atoms with Gasteiger partial charge in [-0.15, -0.1) is 0 Å². The average molecular weight is 671 g/mol. The first kappa shape index (κ1) is 39.9. The zero-order chi connectivity index (χ0) is 35.7. The number of hydrogen-bond acceptors (Lipinski definition) is 11. The molecule has 264 valence electrons. The molecule has 1 N–H and O–H groups in total. The van der Waals surface area contributed by atoms with Crippen LogP contribution in [0.25, 0.3) is 0 Å². The van der Waals surface area contributed by atoms with E-state index in [2.05, 4.69) is 0 Å². The molecule has 0 aromatic heterocycles. The summed E-state index contributed by atoms with van der Waals surface area (Å²) in [6.45, 7) is 8.81. The molecule has 0 fully saturated rings. The maximum atomic E-state index is 13.0. The van der Waals surface area contributed by atoms with E-state index in [-0.39, 0.29) is 45.2 Å². The standard InChI is InChI=1S/C37H50O11/c1-7-36(5,34(42)44-23-28-15-11-9-12-16-28)25-46-32(40)26(3)47-33(41)27(4)48-35(43)37(6,8-2)24-45-31(39)20-19-30(21-22-38)29-17-13-10-14-18-29/h9-18,26-27,30,38H,7-8,19-25H2,1-6H3/t26-,27-,30?,36?,37?/m0/s1. The Bertz CT molecular complexity index is 1330. The van der Waals surface area contributed by atoms with Gasteiger partial charge in [0, 0.05) is 13.0 Å². The number of aliphatic hydroxyl groups is 1. The second-order valence-corrected chi connectivity index (χ2v) is 12.4. The van der Waals surface area contributed by atoms with Crippen LogP contribution in [0.15, 0.2) is 60.7 Å². The van der Waals surface area contributed by atoms with E-state index in [1.165, 1.54) is 13.8 Å². The largest absolute Gasteiger partial charge is 0.464 e. The third kappa shape index (κ3) is 12.4. The molecule has 5 atom stereocenters. The average Bonchev–Trinajstić information content (AvgIpc) is 3.10. The van der Waals surface area contributed by atoms with Crippen molar-refractivity contribution in [2.75, 3.05) is 19.8 Å². The number of carbonyl (C=O) groups is 5. The molecule has 0 aliphatic carbocycles. The van der Waals surface area contributed by atoms with Crippen molar-refractivity contribution in [3.8, 4) is 0 Å². The van der Waals surface area contributed by atoms with Crippen LogP contribution in [0.5, 0.6) is 0 Å². The fourth-order valence-corrected chi connectivity index (χ4v) is 4.49. The van der Waals surface area contributed by atoms with Crippen LogP contribution in [0.2, 0.25) is 0 Å². The second-order valence-electron chi connectivity index (χ2n) is 12.4. The molecule has 11 heteroatoms. The third-order valence-corrected chi connectivity index (χ3v) is 8.53. The van der Waals surface area contributed by atoms with Crippen molar-refractivity contribution in [3.63, 3.8) is 0 Å². The topological polar surface area (TPSA) is 152 Å². The summed E-state index contributed by atoms with van der Waals surface area (Å²) >= 11 is 0. The van der Waals surface area contributed by atoms with Crippen LogP contribution in [0.1, 0.15) is 90.7 Å². The van der Waals surface area contributed by atoms with Gasteiger partial charge in [-0.25, -0.2) is 9.59 Å². The zero-order valence-electron chi connectivity index (χ0n) is 28.9. The summed E-state index contributed by atoms with van der Waals surface area (Å²) in [6.07, 6.45) is -1.06. The highest BCUT2D eigenvalue weighted by molar-refractivity contribution is 5.84. The number of aliphatic hydroxyl groups excluding tert-OH is 1. The number of hydrogen-bond donors (Lipinski definition) is 1. The van der Waals surface area contributed by atoms with Crippen molar-refractivity contribution >= 4 is 29.8 Å². The fraction of sp³-hybridized carbons (Fsp3) is 0.541. The van der Waals surface area contributed by atoms with Gasteiger partial charge in [-0.05, 0) is 70.4 Å². The van der Waals surface area contributed by atoms with Gasteiger partial charge in [0.2, 0.25) is 0 Å². The molecule has 0 saturated heterocycles. The fourth-order valence-electron chi connectivity index (χ4n) is 4.49. The van der Waals surface area contributed by atoms with Crippen LogP contribution in [0.4, 0.5) is 0 Å². The Morgan fingerprint density at radius 3 is 1.81 bits per heavy atom. The molecule has 11 nitrogen and oxygen atoms in total. The van der Waals surface area contributed by atoms with Gasteiger partial charge in [0.25, 0.3) is 0 Å². The Morgan fingerprint density at radius 2 is 1.23 bits per heavy atom. The lowest BCUT2D eigenvalue weighted by Gasteiger charge is -2.27. The summed E-state index contributed by atoms with van der Waals surface area (Å²) in [5.74, 6) is -3.67. The first-order valence-electron chi connectivity index (χ1n) is 16.4. The number of ether oxygens (including phenoxy) is 5. The quantitative estimate of drug-likeness (QED) is 0.141. The first-order chi connectivity index (χ1) is 22.8. The van der Waals surface area contributed by atoms with Gasteiger partial charge >= 0.3 is 29.8 Å². The minimum Gasteiger partial charge on any atom is -0.464 e. The predicted molar refractivity (Wildman–Crippen MR) is 176 cm³/mol. The van der Waals surface area contributed by atoms with Crippen molar-refractivity contribution in [1.82, 2.24) is 0 Å². The van der Waals surface area contributed by atoms with E-state index in [0.29, 0.717) is 19.3 Å². The van der Waals surface area contributed by atoms with Gasteiger partial charge in [0.05, 0.1) is 10.8 Å². The van der Waals surface area contributed by atoms with E-state index < -0.39 is 52.9 Å². The van der Waals surface area contributed by atoms with E-state index in [1.807, 2.05) is 60.7 Å². The van der Waals surface area contributed by atoms with E-state index in [4.69, 9.17) is 23.7 Å². The number of rotatable bonds is 20. The number of benzene rings is 2. The first-order valence-corrected chi connectivity index (χ1v) is 16.4. The van der Waals surface area contributed by atoms with E-state index in [0.717, 1.165) is 11.1 Å². The maximum Gasteiger partial charge on any atom is 0.347 e. The van der Waals surface area contributed by atoms with Crippen molar-refractivity contribution < 1.29 is 52.8 Å². The van der Waals surface area contributed by atoms with Gasteiger partial charge in [-0.3, -0.25) is 14.4 Å². The van der Waals surface area contributed by atoms with Gasteiger partial charge in [-0.2, -0.15) is 0 Å². The highest BCUT2D eigenvalue weighted by Gasteiger charge is 2.39. The molecule has 2 rings (SSSR count). The lowest BCUT2D eigenvalue weighted by atomic mass is 9.88. The SMILES string of the molecule is CCC(C)(COC(=O)[C@H](C)OC(=O)[C@H](C)OC(=O)C(C)(CC)COC(=O)CCC(CCO)c1ccccc1)C(=O)OCc1ccccc1. The highest BCUT2D eigenvalue weighted by atomic mass is 16.6. The van der Waals surface area contributed by atoms with Crippen LogP contribution in [-0.2, 0) is 54.3 Å². The van der Waals surface area contributed by atoms with Crippen LogP contribution in [-0.4, -0.2) is 67.0 Å². The van der Waals surface area contributed by atoms with Gasteiger partial charge in [0.1, 0.15) is 19.8 Å². The highest BCUT2D eigenvalue weighted by Crippen LogP contribution is 2.28. The molecule has 0 aliphatic heterocycles. The minimum absolute atomic E-state index is 0.0146. The molecular weight excluding hydrogens is 620 g/mol. The van der Waals surface area contributed by atoms with Crippen LogP contribution in [0, 0.1) is 10.8 Å². The van der Waals surface area contributed by atoms with Crippen molar-refractivity contribution in [3.05, 3.63) is 71.8 Å². The van der Waals surface area contributed by atoms with Gasteiger partial charge in [0.15, 0.2) is 12.2 Å². The molecule has 2 aromatic carbocycles. The second kappa shape index (κ2) is 19.5. The zero-order valence-corrected chi connectivity index (χ0v) is 28.9. The van der Waals surface area contributed by atoms with Crippen molar-refractivity contribution in [1.29, 1.82) is 0 Å². The van der Waals surface area contributed by atoms with Crippen molar-refractivity contribution in [2.24, 2.45) is 10.8 Å². The molecular formula is C37H50O11. The molecule has 0 heterocycles. The summed E-state index contributed by atoms with van der Waals surface area (Å²) in [5.41, 5.74) is -0.519. The lowest BCUT2D eigenvalue weighted by molar-refractivity contribution is -0.183. The lowest BCUT2D eigenvalue weighted by Crippen LogP contribution is -2.40. The Balaban J connectivity index is 1.83. The third-order valence-electron chi connectivity index (χ3n) is 8.53. The number of carbonyl (C=O) groups excluding carboxylic acids is 5. The Hall–Kier alpha value is -4.25. The molecule has 0 amide bonds. The van der Waals surface area contributed by atoms with Crippen LogP contribution >= 0.6 is 0 Å². The van der Waals surface area contributed by atoms with E-state index >= 15 is 0 Å². The summed E-state index contributed by atoms with van der Waals surface area (Å²) in [4.78, 5) is 63.7. The maximum absolute atomic E-state index is 13.0. The Labute approximate surface area is 283 Å². The Kier molecular flexibility index (Phi) is 16.3. The van der Waals surface area contributed by atoms with Crippen LogP contribution in [0.3, 0.4) is 0 Å². The smallest absolute Gasteiger partial charge is 0.347 e. The van der Waals surface area contributed by atoms with E-state index in [1.54, 1.807) is 27.7 Å². The van der Waals surface area contributed by atoms with Crippen LogP contribution < -0.4 is 0 Å². The summed E-state index contributed by atoms with van der Waals surface area (Å²) in [6, 6.07) is 18.8. The normalized spacial score (nSPS) is 15.4. The summed E-state index contributed by atoms with van der Waals surface area (Å²) < 4.78 is 26.7. The van der Waals surface area contributed by atoms with E-state index in [9.17, 15) is 29.1 Å². The molecule has 0 aliphatic rings. The molecule has 2 aromatic rings. The van der Waals surface area contributed by atoms with Gasteiger partial charge in [-0.1, -0.05) is 74.5 Å². The molecule has 0 bridgehead atoms. The Morgan fingerprint density at radius 1 is 0.688 bits per heavy atom.